The molecule has 2 aromatic rings. The van der Waals surface area contributed by atoms with Gasteiger partial charge in [0.1, 0.15) is 5.25 Å². The van der Waals surface area contributed by atoms with Crippen LogP contribution >= 0.6 is 0 Å². The number of hydrogen-bond acceptors (Lipinski definition) is 5. The Bertz CT molecular complexity index is 911. The monoisotopic (exact) mass is 401 g/mol. The fourth-order valence-electron chi connectivity index (χ4n) is 3.33. The van der Waals surface area contributed by atoms with E-state index >= 15 is 0 Å². The van der Waals surface area contributed by atoms with E-state index in [0.717, 1.165) is 25.7 Å². The number of carbonyl (C=O) groups is 2. The van der Waals surface area contributed by atoms with Crippen molar-refractivity contribution in [2.24, 2.45) is 0 Å². The first-order chi connectivity index (χ1) is 13.5. The molecule has 1 aromatic carbocycles. The minimum absolute atomic E-state index is 0.0143. The quantitative estimate of drug-likeness (QED) is 0.718. The Morgan fingerprint density at radius 3 is 2.39 bits per heavy atom. The van der Waals surface area contributed by atoms with Crippen molar-refractivity contribution in [1.29, 1.82) is 0 Å². The van der Waals surface area contributed by atoms with E-state index in [1.54, 1.807) is 36.5 Å². The molecule has 8 heteroatoms. The third-order valence-electron chi connectivity index (χ3n) is 4.85. The van der Waals surface area contributed by atoms with Gasteiger partial charge in [-0.1, -0.05) is 37.1 Å². The number of pyridine rings is 1. The molecule has 1 aliphatic rings. The van der Waals surface area contributed by atoms with Crippen LogP contribution in [0.1, 0.15) is 36.5 Å². The smallest absolute Gasteiger partial charge is 0.309 e. The molecule has 2 N–H and O–H groups in total. The van der Waals surface area contributed by atoms with Gasteiger partial charge in [0.15, 0.2) is 9.84 Å². The normalized spacial score (nSPS) is 15.7. The highest BCUT2D eigenvalue weighted by molar-refractivity contribution is 7.91. The van der Waals surface area contributed by atoms with Gasteiger partial charge in [-0.05, 0) is 36.6 Å². The number of nitrogens with one attached hydrogen (secondary N) is 2. The van der Waals surface area contributed by atoms with Gasteiger partial charge in [-0.2, -0.15) is 0 Å². The first-order valence-corrected chi connectivity index (χ1v) is 10.8. The summed E-state index contributed by atoms with van der Waals surface area (Å²) < 4.78 is 26.2. The van der Waals surface area contributed by atoms with Crippen LogP contribution in [-0.4, -0.2) is 37.8 Å². The summed E-state index contributed by atoms with van der Waals surface area (Å²) >= 11 is 0. The molecule has 1 aromatic heterocycles. The lowest BCUT2D eigenvalue weighted by atomic mass is 10.2. The Morgan fingerprint density at radius 2 is 1.75 bits per heavy atom. The van der Waals surface area contributed by atoms with Gasteiger partial charge in [-0.15, -0.1) is 0 Å². The number of amides is 2. The molecule has 2 amide bonds. The van der Waals surface area contributed by atoms with E-state index in [-0.39, 0.29) is 17.5 Å². The number of aromatic nitrogens is 1. The lowest BCUT2D eigenvalue weighted by Crippen LogP contribution is -2.45. The van der Waals surface area contributed by atoms with E-state index in [2.05, 4.69) is 15.6 Å². The SMILES string of the molecule is O=C(NC[C@H](c1cccnc1)S(=O)(=O)c1ccccc1)C(=O)NC1CCCC1. The summed E-state index contributed by atoms with van der Waals surface area (Å²) in [5.74, 6) is -1.56. The van der Waals surface area contributed by atoms with Gasteiger partial charge in [0, 0.05) is 25.0 Å². The molecule has 0 spiro atoms. The predicted octanol–water partition coefficient (Wildman–Crippen LogP) is 1.77. The molecular formula is C20H23N3O4S. The molecule has 0 aliphatic heterocycles. The van der Waals surface area contributed by atoms with E-state index in [9.17, 15) is 18.0 Å². The lowest BCUT2D eigenvalue weighted by molar-refractivity contribution is -0.139. The second-order valence-corrected chi connectivity index (χ2v) is 8.93. The number of sulfone groups is 1. The maximum atomic E-state index is 13.1. The average molecular weight is 401 g/mol. The minimum atomic E-state index is -3.78. The fourth-order valence-corrected chi connectivity index (χ4v) is 5.00. The van der Waals surface area contributed by atoms with E-state index in [1.807, 2.05) is 0 Å². The van der Waals surface area contributed by atoms with E-state index in [1.165, 1.54) is 18.3 Å². The van der Waals surface area contributed by atoms with Crippen LogP contribution < -0.4 is 10.6 Å². The number of hydrogen-bond donors (Lipinski definition) is 2. The predicted molar refractivity (Wildman–Crippen MR) is 104 cm³/mol. The standard InChI is InChI=1S/C20H23N3O4S/c24-19(20(25)23-16-8-4-5-9-16)22-14-18(15-7-6-12-21-13-15)28(26,27)17-10-2-1-3-11-17/h1-3,6-7,10-13,16,18H,4-5,8-9,14H2,(H,22,24)(H,23,25)/t18-/m1/s1. The van der Waals surface area contributed by atoms with Crippen molar-refractivity contribution in [2.75, 3.05) is 6.54 Å². The molecule has 7 nitrogen and oxygen atoms in total. The Morgan fingerprint density at radius 1 is 1.04 bits per heavy atom. The Kier molecular flexibility index (Phi) is 6.41. The zero-order valence-corrected chi connectivity index (χ0v) is 16.2. The van der Waals surface area contributed by atoms with Crippen molar-refractivity contribution >= 4 is 21.7 Å². The van der Waals surface area contributed by atoms with Crippen LogP contribution in [0.25, 0.3) is 0 Å². The maximum Gasteiger partial charge on any atom is 0.309 e. The van der Waals surface area contributed by atoms with Gasteiger partial charge in [-0.3, -0.25) is 14.6 Å². The molecule has 1 atom stereocenters. The molecule has 0 saturated heterocycles. The highest BCUT2D eigenvalue weighted by atomic mass is 32.2. The summed E-state index contributed by atoms with van der Waals surface area (Å²) in [6, 6.07) is 11.3. The van der Waals surface area contributed by atoms with E-state index in [4.69, 9.17) is 0 Å². The van der Waals surface area contributed by atoms with Gasteiger partial charge in [0.05, 0.1) is 4.90 Å². The van der Waals surface area contributed by atoms with Crippen LogP contribution in [0.3, 0.4) is 0 Å². The van der Waals surface area contributed by atoms with E-state index in [0.29, 0.717) is 5.56 Å². The van der Waals surface area contributed by atoms with Crippen molar-refractivity contribution in [3.8, 4) is 0 Å². The van der Waals surface area contributed by atoms with Gasteiger partial charge < -0.3 is 10.6 Å². The molecular weight excluding hydrogens is 378 g/mol. The number of rotatable bonds is 6. The molecule has 1 saturated carbocycles. The van der Waals surface area contributed by atoms with Gasteiger partial charge in [-0.25, -0.2) is 8.42 Å². The third-order valence-corrected chi connectivity index (χ3v) is 6.96. The largest absolute Gasteiger partial charge is 0.346 e. The topological polar surface area (TPSA) is 105 Å². The number of nitrogens with zero attached hydrogens (tertiary/aromatic N) is 1. The second-order valence-electron chi connectivity index (χ2n) is 6.80. The molecule has 0 radical (unpaired) electrons. The Hall–Kier alpha value is -2.74. The van der Waals surface area contributed by atoms with Gasteiger partial charge in [0.25, 0.3) is 0 Å². The highest BCUT2D eigenvalue weighted by Crippen LogP contribution is 2.28. The summed E-state index contributed by atoms with van der Waals surface area (Å²) in [5.41, 5.74) is 0.447. The third kappa shape index (κ3) is 4.75. The first-order valence-electron chi connectivity index (χ1n) is 9.26. The Labute approximate surface area is 164 Å². The zero-order valence-electron chi connectivity index (χ0n) is 15.4. The van der Waals surface area contributed by atoms with Crippen molar-refractivity contribution in [3.63, 3.8) is 0 Å². The summed E-state index contributed by atoms with van der Waals surface area (Å²) in [7, 11) is -3.78. The summed E-state index contributed by atoms with van der Waals surface area (Å²) in [5, 5.41) is 4.12. The van der Waals surface area contributed by atoms with Crippen molar-refractivity contribution in [2.45, 2.75) is 41.9 Å². The maximum absolute atomic E-state index is 13.1. The van der Waals surface area contributed by atoms with Crippen LogP contribution in [0.2, 0.25) is 0 Å². The molecule has 0 bridgehead atoms. The van der Waals surface area contributed by atoms with Crippen LogP contribution in [-0.2, 0) is 19.4 Å². The van der Waals surface area contributed by atoms with Crippen molar-refractivity contribution < 1.29 is 18.0 Å². The molecule has 3 rings (SSSR count). The molecule has 0 unspecified atom stereocenters. The highest BCUT2D eigenvalue weighted by Gasteiger charge is 2.31. The van der Waals surface area contributed by atoms with Crippen molar-refractivity contribution in [1.82, 2.24) is 15.6 Å². The fraction of sp³-hybridized carbons (Fsp3) is 0.350. The van der Waals surface area contributed by atoms with Crippen LogP contribution in [0.4, 0.5) is 0 Å². The molecule has 1 fully saturated rings. The molecule has 1 aliphatic carbocycles. The minimum Gasteiger partial charge on any atom is -0.346 e. The second kappa shape index (κ2) is 8.97. The summed E-state index contributed by atoms with van der Waals surface area (Å²) in [4.78, 5) is 28.4. The number of carbonyl (C=O) groups excluding carboxylic acids is 2. The van der Waals surface area contributed by atoms with Gasteiger partial charge >= 0.3 is 11.8 Å². The molecule has 148 valence electrons. The summed E-state index contributed by atoms with van der Waals surface area (Å²) in [6.45, 7) is -0.222. The van der Waals surface area contributed by atoms with Crippen molar-refractivity contribution in [3.05, 3.63) is 60.4 Å². The molecule has 1 heterocycles. The number of benzene rings is 1. The van der Waals surface area contributed by atoms with Crippen LogP contribution in [0.5, 0.6) is 0 Å². The van der Waals surface area contributed by atoms with Gasteiger partial charge in [0.2, 0.25) is 0 Å². The Balaban J connectivity index is 1.75. The molecule has 28 heavy (non-hydrogen) atoms. The van der Waals surface area contributed by atoms with E-state index < -0.39 is 26.9 Å². The van der Waals surface area contributed by atoms with Crippen LogP contribution in [0, 0.1) is 0 Å². The lowest BCUT2D eigenvalue weighted by Gasteiger charge is -2.19. The summed E-state index contributed by atoms with van der Waals surface area (Å²) in [6.07, 6.45) is 6.79. The average Bonchev–Trinajstić information content (AvgIpc) is 3.22. The van der Waals surface area contributed by atoms with Crippen LogP contribution in [0.15, 0.2) is 59.8 Å². The zero-order chi connectivity index (χ0) is 20.0. The first kappa shape index (κ1) is 20.0.